The molecule has 0 aliphatic carbocycles. The third-order valence-electron chi connectivity index (χ3n) is 2.27. The predicted octanol–water partition coefficient (Wildman–Crippen LogP) is 6.94. The number of halogens is 5. The lowest BCUT2D eigenvalue weighted by atomic mass is 10.3. The zero-order valence-corrected chi connectivity index (χ0v) is 17.5. The van der Waals surface area contributed by atoms with Crippen molar-refractivity contribution >= 4 is 5.97 Å². The molecule has 0 unspecified atom stereocenters. The first-order chi connectivity index (χ1) is 13.8. The van der Waals surface area contributed by atoms with Crippen LogP contribution in [0, 0.1) is 35.4 Å². The summed E-state index contributed by atoms with van der Waals surface area (Å²) in [5.74, 6) is 1.76. The molecule has 0 aliphatic heterocycles. The van der Waals surface area contributed by atoms with Crippen LogP contribution in [0.4, 0.5) is 22.0 Å². The molecule has 29 heavy (non-hydrogen) atoms. The average Bonchev–Trinajstić information content (AvgIpc) is 2.73. The molecular weight excluding hydrogens is 387 g/mol. The van der Waals surface area contributed by atoms with Gasteiger partial charge >= 0.3 is 0 Å². The van der Waals surface area contributed by atoms with E-state index in [9.17, 15) is 22.0 Å². The van der Waals surface area contributed by atoms with E-state index in [4.69, 9.17) is 0 Å². The quantitative estimate of drug-likeness (QED) is 0.215. The minimum absolute atomic E-state index is 0.428. The minimum Gasteiger partial charge on any atom is -0.261 e. The number of rotatable bonds is 1. The van der Waals surface area contributed by atoms with Crippen molar-refractivity contribution in [2.24, 2.45) is 4.99 Å². The summed E-state index contributed by atoms with van der Waals surface area (Å²) in [5.41, 5.74) is 0. The van der Waals surface area contributed by atoms with E-state index in [-0.39, 0.29) is 0 Å². The van der Waals surface area contributed by atoms with Crippen LogP contribution in [-0.4, -0.2) is 18.0 Å². The summed E-state index contributed by atoms with van der Waals surface area (Å²) in [5, 5.41) is 0. The lowest BCUT2D eigenvalue weighted by Crippen LogP contribution is -1.83. The van der Waals surface area contributed by atoms with Crippen LogP contribution in [0.2, 0.25) is 0 Å². The van der Waals surface area contributed by atoms with Gasteiger partial charge in [0.05, 0.1) is 0 Å². The molecule has 0 bridgehead atoms. The fourth-order valence-electron chi connectivity index (χ4n) is 1.03. The summed E-state index contributed by atoms with van der Waals surface area (Å²) in [7, 11) is 1.41. The SMILES string of the molecule is C/C=C\C(F)=NC.CC.CC#CC.Fc1cccc(F)n1.Fc1ccccc1F. The predicted molar refractivity (Wildman–Crippen MR) is 110 cm³/mol. The zero-order valence-electron chi connectivity index (χ0n) is 17.5. The van der Waals surface area contributed by atoms with Crippen LogP contribution in [-0.2, 0) is 0 Å². The molecule has 0 saturated heterocycles. The standard InChI is InChI=1S/C6H4F2.C5H3F2N.C5H8FN.C4H6.C2H6/c7-5-3-1-2-4-6(5)8;6-4-2-1-3-5(7)8-4;1-3-4-5(6)7-2;1-3-4-2;1-2/h1-4H;1-3H;3-4H,1-2H3;1-2H3;1-2H3/b;;4-3-,7-5?;;. The van der Waals surface area contributed by atoms with E-state index >= 15 is 0 Å². The first kappa shape index (κ1) is 30.7. The molecule has 0 fully saturated rings. The van der Waals surface area contributed by atoms with E-state index in [1.54, 1.807) is 13.0 Å². The van der Waals surface area contributed by atoms with Crippen LogP contribution < -0.4 is 0 Å². The number of hydrogen-bond donors (Lipinski definition) is 0. The number of benzene rings is 1. The summed E-state index contributed by atoms with van der Waals surface area (Å²) < 4.78 is 59.3. The van der Waals surface area contributed by atoms with Crippen molar-refractivity contribution in [3.05, 3.63) is 78.1 Å². The highest BCUT2D eigenvalue weighted by molar-refractivity contribution is 5.86. The van der Waals surface area contributed by atoms with Crippen molar-refractivity contribution in [1.29, 1.82) is 0 Å². The Bertz CT molecular complexity index is 719. The molecule has 1 heterocycles. The Kier molecular flexibility index (Phi) is 24.4. The third-order valence-corrected chi connectivity index (χ3v) is 2.27. The van der Waals surface area contributed by atoms with Crippen LogP contribution in [0.15, 0.2) is 59.6 Å². The molecule has 7 heteroatoms. The van der Waals surface area contributed by atoms with Gasteiger partial charge in [-0.1, -0.05) is 38.1 Å². The van der Waals surface area contributed by atoms with Gasteiger partial charge in [0.2, 0.25) is 17.9 Å². The first-order valence-electron chi connectivity index (χ1n) is 8.58. The van der Waals surface area contributed by atoms with Crippen molar-refractivity contribution < 1.29 is 22.0 Å². The first-order valence-corrected chi connectivity index (χ1v) is 8.58. The second-order valence-corrected chi connectivity index (χ2v) is 4.24. The van der Waals surface area contributed by atoms with E-state index in [0.717, 1.165) is 24.3 Å². The molecule has 1 aromatic carbocycles. The highest BCUT2D eigenvalue weighted by Crippen LogP contribution is 2.01. The Balaban J connectivity index is -0.000000310. The molecule has 0 spiro atoms. The summed E-state index contributed by atoms with van der Waals surface area (Å²) in [4.78, 5) is 6.08. The molecule has 0 saturated carbocycles. The Morgan fingerprint density at radius 1 is 0.862 bits per heavy atom. The van der Waals surface area contributed by atoms with E-state index in [1.807, 2.05) is 27.7 Å². The van der Waals surface area contributed by atoms with Crippen LogP contribution in [0.1, 0.15) is 34.6 Å². The number of pyridine rings is 1. The van der Waals surface area contributed by atoms with Gasteiger partial charge in [-0.2, -0.15) is 18.2 Å². The molecule has 2 nitrogen and oxygen atoms in total. The molecule has 0 N–H and O–H groups in total. The normalized spacial score (nSPS) is 9.00. The molecule has 0 amide bonds. The molecule has 1 aromatic heterocycles. The van der Waals surface area contributed by atoms with E-state index in [0.29, 0.717) is 0 Å². The Hall–Kier alpha value is -3.01. The van der Waals surface area contributed by atoms with Gasteiger partial charge in [0.15, 0.2) is 11.6 Å². The fourth-order valence-corrected chi connectivity index (χ4v) is 1.03. The topological polar surface area (TPSA) is 25.2 Å². The second-order valence-electron chi connectivity index (χ2n) is 4.24. The number of aromatic nitrogens is 1. The van der Waals surface area contributed by atoms with Gasteiger partial charge in [-0.3, -0.25) is 4.99 Å². The number of allylic oxidation sites excluding steroid dienone is 2. The Labute approximate surface area is 170 Å². The number of hydrogen-bond acceptors (Lipinski definition) is 2. The highest BCUT2D eigenvalue weighted by Gasteiger charge is 1.93. The summed E-state index contributed by atoms with van der Waals surface area (Å²) in [6, 6.07) is 8.48. The molecule has 0 radical (unpaired) electrons. The van der Waals surface area contributed by atoms with Gasteiger partial charge in [-0.05, 0) is 51.1 Å². The maximum Gasteiger partial charge on any atom is 0.215 e. The fraction of sp³-hybridized carbons (Fsp3) is 0.273. The molecule has 160 valence electrons. The van der Waals surface area contributed by atoms with Crippen molar-refractivity contribution in [1.82, 2.24) is 4.98 Å². The van der Waals surface area contributed by atoms with Gasteiger partial charge in [-0.15, -0.1) is 11.8 Å². The van der Waals surface area contributed by atoms with Gasteiger partial charge < -0.3 is 0 Å². The van der Waals surface area contributed by atoms with Gasteiger partial charge in [0, 0.05) is 7.05 Å². The smallest absolute Gasteiger partial charge is 0.215 e. The summed E-state index contributed by atoms with van der Waals surface area (Å²) in [6.07, 6.45) is 2.91. The maximum absolute atomic E-state index is 11.9. The van der Waals surface area contributed by atoms with Gasteiger partial charge in [0.1, 0.15) is 0 Å². The number of nitrogens with zero attached hydrogens (tertiary/aromatic N) is 2. The monoisotopic (exact) mass is 414 g/mol. The van der Waals surface area contributed by atoms with Crippen molar-refractivity contribution in [3.8, 4) is 11.8 Å². The van der Waals surface area contributed by atoms with Gasteiger partial charge in [0.25, 0.3) is 0 Å². The minimum atomic E-state index is -0.799. The third kappa shape index (κ3) is 23.0. The lowest BCUT2D eigenvalue weighted by Gasteiger charge is -1.85. The van der Waals surface area contributed by atoms with Crippen LogP contribution in [0.5, 0.6) is 0 Å². The van der Waals surface area contributed by atoms with Crippen LogP contribution >= 0.6 is 0 Å². The maximum atomic E-state index is 11.9. The molecule has 2 aromatic rings. The van der Waals surface area contributed by atoms with Crippen molar-refractivity contribution in [3.63, 3.8) is 0 Å². The molecule has 0 atom stereocenters. The van der Waals surface area contributed by atoms with Crippen molar-refractivity contribution in [2.45, 2.75) is 34.6 Å². The van der Waals surface area contributed by atoms with Crippen molar-refractivity contribution in [2.75, 3.05) is 7.05 Å². The van der Waals surface area contributed by atoms with E-state index in [1.165, 1.54) is 31.3 Å². The van der Waals surface area contributed by atoms with Gasteiger partial charge in [-0.25, -0.2) is 8.78 Å². The average molecular weight is 414 g/mol. The largest absolute Gasteiger partial charge is 0.261 e. The molecule has 2 rings (SSSR count). The molecular formula is C22H27F5N2. The zero-order chi connectivity index (χ0) is 23.1. The Morgan fingerprint density at radius 3 is 1.45 bits per heavy atom. The number of aliphatic imine (C=N–C) groups is 1. The van der Waals surface area contributed by atoms with E-state index < -0.39 is 29.5 Å². The highest BCUT2D eigenvalue weighted by atomic mass is 19.2. The summed E-state index contributed by atoms with van der Waals surface area (Å²) >= 11 is 0. The van der Waals surface area contributed by atoms with Crippen LogP contribution in [0.3, 0.4) is 0 Å². The van der Waals surface area contributed by atoms with Crippen LogP contribution in [0.25, 0.3) is 0 Å². The van der Waals surface area contributed by atoms with E-state index in [2.05, 4.69) is 21.8 Å². The lowest BCUT2D eigenvalue weighted by molar-refractivity contribution is 0.508. The molecule has 0 aliphatic rings. The Morgan fingerprint density at radius 2 is 1.28 bits per heavy atom. The summed E-state index contributed by atoms with van der Waals surface area (Å²) in [6.45, 7) is 9.38. The second kappa shape index (κ2) is 23.0.